The summed E-state index contributed by atoms with van der Waals surface area (Å²) in [6, 6.07) is 15.4. The molecule has 1 saturated heterocycles. The Morgan fingerprint density at radius 3 is 2.53 bits per heavy atom. The van der Waals surface area contributed by atoms with Gasteiger partial charge in [0.25, 0.3) is 5.91 Å². The molecule has 1 fully saturated rings. The van der Waals surface area contributed by atoms with Crippen molar-refractivity contribution in [3.05, 3.63) is 70.5 Å². The van der Waals surface area contributed by atoms with Gasteiger partial charge in [-0.3, -0.25) is 9.78 Å². The van der Waals surface area contributed by atoms with Gasteiger partial charge >= 0.3 is 0 Å². The number of likely N-dealkylation sites (N-methyl/N-ethyl adjacent to an activating group) is 1. The second kappa shape index (κ2) is 8.22. The molecule has 0 atom stereocenters. The Morgan fingerprint density at radius 2 is 1.87 bits per heavy atom. The van der Waals surface area contributed by atoms with Gasteiger partial charge in [-0.1, -0.05) is 11.6 Å². The molecule has 30 heavy (non-hydrogen) atoms. The molecule has 0 aliphatic carbocycles. The normalized spacial score (nSPS) is 15.9. The first kappa shape index (κ1) is 20.6. The molecule has 0 spiro atoms. The number of carbonyl (C=O) groups excluding carboxylic acids is 1. The van der Waals surface area contributed by atoms with Crippen molar-refractivity contribution in [3.8, 4) is 0 Å². The number of halogens is 1. The Kier molecular flexibility index (Phi) is 5.64. The molecule has 1 aliphatic heterocycles. The zero-order valence-electron chi connectivity index (χ0n) is 17.2. The number of anilines is 2. The van der Waals surface area contributed by atoms with Crippen molar-refractivity contribution < 1.29 is 9.44 Å². The van der Waals surface area contributed by atoms with Crippen molar-refractivity contribution >= 4 is 39.8 Å². The number of carbonyl (C=O) groups is 1. The smallest absolute Gasteiger partial charge is 0.254 e. The van der Waals surface area contributed by atoms with Crippen molar-refractivity contribution in [2.75, 3.05) is 44.7 Å². The Labute approximate surface area is 181 Å². The maximum Gasteiger partial charge on any atom is 0.254 e. The topological polar surface area (TPSA) is 59.5 Å². The molecule has 0 N–H and O–H groups in total. The lowest BCUT2D eigenvalue weighted by molar-refractivity contribution is -0.864. The molecule has 156 valence electrons. The van der Waals surface area contributed by atoms with Crippen LogP contribution in [0.4, 0.5) is 11.4 Å². The Morgan fingerprint density at radius 1 is 1.17 bits per heavy atom. The standard InChI is InChI=1S/C23H25ClN4O2/c1-3-27(22-10-11-25-21-16-18(24)6-9-20(21)22)19-7-4-17(5-8-19)23(29)26-12-14-28(2,30)15-13-26/h4-11,16H,3,12-15H2,1-2H3. The summed E-state index contributed by atoms with van der Waals surface area (Å²) in [5.41, 5.74) is 3.53. The van der Waals surface area contributed by atoms with Crippen LogP contribution < -0.4 is 4.90 Å². The van der Waals surface area contributed by atoms with E-state index < -0.39 is 0 Å². The summed E-state index contributed by atoms with van der Waals surface area (Å²) >= 11 is 6.12. The first-order chi connectivity index (χ1) is 14.4. The van der Waals surface area contributed by atoms with E-state index in [-0.39, 0.29) is 10.6 Å². The summed E-state index contributed by atoms with van der Waals surface area (Å²) < 4.78 is -0.278. The number of benzene rings is 2. The molecule has 2 heterocycles. The van der Waals surface area contributed by atoms with E-state index in [1.54, 1.807) is 18.1 Å². The molecule has 0 unspecified atom stereocenters. The highest BCUT2D eigenvalue weighted by Gasteiger charge is 2.25. The molecule has 4 rings (SSSR count). The number of quaternary nitrogens is 1. The highest BCUT2D eigenvalue weighted by Crippen LogP contribution is 2.32. The molecule has 1 aliphatic rings. The zero-order chi connectivity index (χ0) is 21.3. The average Bonchev–Trinajstić information content (AvgIpc) is 2.74. The molecular formula is C23H25ClN4O2. The van der Waals surface area contributed by atoms with Gasteiger partial charge in [0.2, 0.25) is 0 Å². The molecule has 3 aromatic rings. The molecule has 0 saturated carbocycles. The van der Waals surface area contributed by atoms with Crippen molar-refractivity contribution in [3.63, 3.8) is 0 Å². The fraction of sp³-hybridized carbons (Fsp3) is 0.304. The number of pyridine rings is 1. The maximum atomic E-state index is 12.8. The lowest BCUT2D eigenvalue weighted by Gasteiger charge is -2.45. The second-order valence-electron chi connectivity index (χ2n) is 7.82. The number of amides is 1. The number of nitrogens with zero attached hydrogens (tertiary/aromatic N) is 4. The predicted octanol–water partition coefficient (Wildman–Crippen LogP) is 4.45. The van der Waals surface area contributed by atoms with Crippen LogP contribution in [0, 0.1) is 5.21 Å². The Bertz CT molecular complexity index is 1060. The first-order valence-corrected chi connectivity index (χ1v) is 10.5. The number of aromatic nitrogens is 1. The fourth-order valence-corrected chi connectivity index (χ4v) is 4.06. The monoisotopic (exact) mass is 424 g/mol. The van der Waals surface area contributed by atoms with Gasteiger partial charge in [-0.15, -0.1) is 0 Å². The van der Waals surface area contributed by atoms with Crippen LogP contribution in [0.15, 0.2) is 54.7 Å². The van der Waals surface area contributed by atoms with E-state index in [0.29, 0.717) is 36.8 Å². The van der Waals surface area contributed by atoms with Crippen LogP contribution in [0.5, 0.6) is 0 Å². The predicted molar refractivity (Wildman–Crippen MR) is 121 cm³/mol. The summed E-state index contributed by atoms with van der Waals surface area (Å²) in [4.78, 5) is 21.2. The second-order valence-corrected chi connectivity index (χ2v) is 8.26. The molecule has 0 bridgehead atoms. The highest BCUT2D eigenvalue weighted by atomic mass is 35.5. The van der Waals surface area contributed by atoms with E-state index in [0.717, 1.165) is 28.8 Å². The van der Waals surface area contributed by atoms with Crippen LogP contribution in [-0.2, 0) is 0 Å². The summed E-state index contributed by atoms with van der Waals surface area (Å²) in [7, 11) is 1.66. The summed E-state index contributed by atoms with van der Waals surface area (Å²) in [5.74, 6) is -0.0201. The van der Waals surface area contributed by atoms with E-state index in [2.05, 4.69) is 16.8 Å². The Balaban J connectivity index is 1.58. The number of hydrogen-bond donors (Lipinski definition) is 0. The SMILES string of the molecule is CCN(c1ccc(C(=O)N2CC[N+](C)([O-])CC2)cc1)c1ccnc2cc(Cl)ccc12. The van der Waals surface area contributed by atoms with Gasteiger partial charge in [0, 0.05) is 34.4 Å². The molecular weight excluding hydrogens is 400 g/mol. The minimum atomic E-state index is -0.278. The van der Waals surface area contributed by atoms with Crippen molar-refractivity contribution in [1.29, 1.82) is 0 Å². The van der Waals surface area contributed by atoms with Gasteiger partial charge in [0.1, 0.15) is 0 Å². The minimum absolute atomic E-state index is 0.0201. The molecule has 6 nitrogen and oxygen atoms in total. The number of hydrogen-bond acceptors (Lipinski definition) is 4. The largest absolute Gasteiger partial charge is 0.633 e. The number of fused-ring (bicyclic) bond motifs is 1. The zero-order valence-corrected chi connectivity index (χ0v) is 18.0. The third-order valence-corrected chi connectivity index (χ3v) is 5.92. The van der Waals surface area contributed by atoms with Crippen LogP contribution in [0.1, 0.15) is 17.3 Å². The summed E-state index contributed by atoms with van der Waals surface area (Å²) in [5, 5.41) is 13.7. The lowest BCUT2D eigenvalue weighted by Crippen LogP contribution is -2.55. The quantitative estimate of drug-likeness (QED) is 0.458. The molecule has 1 aromatic heterocycles. The van der Waals surface area contributed by atoms with Gasteiger partial charge in [-0.05, 0) is 55.5 Å². The maximum absolute atomic E-state index is 12.8. The van der Waals surface area contributed by atoms with Gasteiger partial charge in [-0.2, -0.15) is 0 Å². The number of piperazine rings is 1. The van der Waals surface area contributed by atoms with Crippen LogP contribution in [0.25, 0.3) is 10.9 Å². The summed E-state index contributed by atoms with van der Waals surface area (Å²) in [6.45, 7) is 4.72. The van der Waals surface area contributed by atoms with Gasteiger partial charge in [-0.25, -0.2) is 0 Å². The first-order valence-electron chi connectivity index (χ1n) is 10.1. The fourth-order valence-electron chi connectivity index (χ4n) is 3.89. The number of hydroxylamine groups is 3. The van der Waals surface area contributed by atoms with E-state index in [9.17, 15) is 10.0 Å². The van der Waals surface area contributed by atoms with Crippen molar-refractivity contribution in [2.24, 2.45) is 0 Å². The third kappa shape index (κ3) is 4.12. The molecule has 1 amide bonds. The number of rotatable bonds is 4. The lowest BCUT2D eigenvalue weighted by atomic mass is 10.1. The van der Waals surface area contributed by atoms with Gasteiger partial charge in [0.05, 0.1) is 44.4 Å². The van der Waals surface area contributed by atoms with E-state index >= 15 is 0 Å². The van der Waals surface area contributed by atoms with Crippen LogP contribution in [0.3, 0.4) is 0 Å². The minimum Gasteiger partial charge on any atom is -0.633 e. The van der Waals surface area contributed by atoms with E-state index in [4.69, 9.17) is 11.6 Å². The Hall–Kier alpha value is -2.67. The summed E-state index contributed by atoms with van der Waals surface area (Å²) in [6.07, 6.45) is 1.78. The van der Waals surface area contributed by atoms with Gasteiger partial charge in [0.15, 0.2) is 0 Å². The van der Waals surface area contributed by atoms with Crippen LogP contribution in [-0.4, -0.2) is 60.2 Å². The van der Waals surface area contributed by atoms with E-state index in [1.165, 1.54) is 0 Å². The van der Waals surface area contributed by atoms with Gasteiger partial charge < -0.3 is 19.7 Å². The highest BCUT2D eigenvalue weighted by molar-refractivity contribution is 6.31. The van der Waals surface area contributed by atoms with Crippen LogP contribution >= 0.6 is 11.6 Å². The average molecular weight is 425 g/mol. The molecule has 2 aromatic carbocycles. The van der Waals surface area contributed by atoms with Crippen molar-refractivity contribution in [2.45, 2.75) is 6.92 Å². The van der Waals surface area contributed by atoms with E-state index in [1.807, 2.05) is 48.5 Å². The van der Waals surface area contributed by atoms with Crippen molar-refractivity contribution in [1.82, 2.24) is 9.88 Å². The molecule has 0 radical (unpaired) electrons. The molecule has 7 heteroatoms. The third-order valence-electron chi connectivity index (χ3n) is 5.69. The van der Waals surface area contributed by atoms with Crippen LogP contribution in [0.2, 0.25) is 5.02 Å².